The Morgan fingerprint density at radius 3 is 0.926 bits per heavy atom. The third-order valence-electron chi connectivity index (χ3n) is 22.8. The first kappa shape index (κ1) is 98.9. The van der Waals surface area contributed by atoms with Crippen molar-refractivity contribution in [3.05, 3.63) is 228 Å². The van der Waals surface area contributed by atoms with E-state index in [0.29, 0.717) is 120 Å². The van der Waals surface area contributed by atoms with Gasteiger partial charge >= 0.3 is 9.28 Å². The van der Waals surface area contributed by atoms with E-state index in [0.717, 1.165) is 163 Å². The lowest BCUT2D eigenvalue weighted by Crippen LogP contribution is -2.50. The number of methoxy groups -OCH3 is 3. The van der Waals surface area contributed by atoms with Crippen molar-refractivity contribution < 1.29 is 43.2 Å². The van der Waals surface area contributed by atoms with Crippen LogP contribution in [0.25, 0.3) is 132 Å². The number of amides is 3. The fourth-order valence-corrected chi connectivity index (χ4v) is 20.8. The minimum atomic E-state index is -0.509. The molecule has 4 aliphatic heterocycles. The Labute approximate surface area is 846 Å². The first-order chi connectivity index (χ1) is 65.1. The molecule has 1 N–H and O–H groups in total. The number of rotatable bonds is 14. The Kier molecular flexibility index (Phi) is 32.7. The molecule has 3 amide bonds. The van der Waals surface area contributed by atoms with Crippen LogP contribution in [0.5, 0.6) is 23.0 Å². The minimum absolute atomic E-state index is 0.0290. The van der Waals surface area contributed by atoms with Crippen molar-refractivity contribution in [1.82, 2.24) is 52.1 Å². The van der Waals surface area contributed by atoms with Gasteiger partial charge in [0.2, 0.25) is 17.1 Å². The van der Waals surface area contributed by atoms with Crippen LogP contribution in [0.15, 0.2) is 208 Å². The molecule has 0 bridgehead atoms. The molecule has 37 heteroatoms. The monoisotopic (exact) mass is 2170 g/mol. The highest BCUT2D eigenvalue weighted by atomic mass is 79.9. The summed E-state index contributed by atoms with van der Waals surface area (Å²) in [6, 6.07) is 55.5. The van der Waals surface area contributed by atoms with Gasteiger partial charge in [0.15, 0.2) is 22.6 Å². The van der Waals surface area contributed by atoms with E-state index in [1.807, 2.05) is 159 Å². The summed E-state index contributed by atoms with van der Waals surface area (Å²) in [6.07, 6.45) is 7.26. The molecule has 4 saturated heterocycles. The molecule has 694 valence electrons. The highest BCUT2D eigenvalue weighted by Gasteiger charge is 2.32. The molecule has 16 aromatic rings. The second-order valence-electron chi connectivity index (χ2n) is 32.4. The predicted molar refractivity (Wildman–Crippen MR) is 570 cm³/mol. The number of allylic oxidation sites excluding steroid dienone is 1. The second kappa shape index (κ2) is 44.7. The third kappa shape index (κ3) is 23.1. The zero-order chi connectivity index (χ0) is 95.5. The fourth-order valence-electron chi connectivity index (χ4n) is 16.3. The van der Waals surface area contributed by atoms with Gasteiger partial charge in [0.1, 0.15) is 48.6 Å². The number of hydrogen-bond acceptors (Lipinski definition) is 25. The molecule has 4 aliphatic rings. The van der Waals surface area contributed by atoms with Crippen LogP contribution in [0, 0.1) is 0 Å². The van der Waals surface area contributed by atoms with Crippen molar-refractivity contribution in [3.63, 3.8) is 0 Å². The number of halogens is 8. The van der Waals surface area contributed by atoms with Gasteiger partial charge < -0.3 is 58.4 Å². The van der Waals surface area contributed by atoms with Gasteiger partial charge in [0.25, 0.3) is 0 Å². The van der Waals surface area contributed by atoms with Crippen LogP contribution in [0.2, 0.25) is 20.1 Å². The number of carbonyl (C=O) groups excluding carboxylic acids is 4. The normalized spacial score (nSPS) is 13.9. The number of aromatic nitrogens is 8. The van der Waals surface area contributed by atoms with Crippen molar-refractivity contribution in [2.45, 2.75) is 45.6 Å². The quantitative estimate of drug-likeness (QED) is 0.0603. The topological polar surface area (TPSA) is 251 Å². The van der Waals surface area contributed by atoms with E-state index in [2.05, 4.69) is 128 Å². The smallest absolute Gasteiger partial charge is 0.410 e. The van der Waals surface area contributed by atoms with Crippen LogP contribution in [-0.2, 0) is 19.1 Å². The summed E-state index contributed by atoms with van der Waals surface area (Å²) in [4.78, 5) is 79.4. The van der Waals surface area contributed by atoms with Crippen LogP contribution in [0.4, 0.5) is 24.8 Å². The molecule has 135 heavy (non-hydrogen) atoms. The molecule has 0 unspecified atom stereocenters. The van der Waals surface area contributed by atoms with E-state index < -0.39 is 10.8 Å². The van der Waals surface area contributed by atoms with Gasteiger partial charge in [-0.3, -0.25) is 14.4 Å². The number of ether oxygens (including phenoxy) is 4. The molecular formula is C98H90BBr3Cl5N15O9S4. The summed E-state index contributed by atoms with van der Waals surface area (Å²) >= 11 is 46.8. The number of phenols is 1. The van der Waals surface area contributed by atoms with Crippen LogP contribution in [0.1, 0.15) is 40.0 Å². The number of nitrogens with zero attached hydrogens (tertiary/aromatic N) is 15. The predicted octanol–water partition coefficient (Wildman–Crippen LogP) is 25.2. The van der Waals surface area contributed by atoms with Gasteiger partial charge in [0.05, 0.1) is 85.7 Å². The number of benzene rings is 8. The largest absolute Gasteiger partial charge is 0.508 e. The number of pyridine rings is 4. The molecule has 0 spiro atoms. The SMILES string of the molecule is BrB(Br)Br.C=CC(=O)Cl.C=CC(=O)N1CCN(c2snc3nc(-c4cc(O)cc5ccccc45)c(Cl)cc23)CC1.C=CC(=O)N1CCN(c2snc3nc(-c4cc(OC)cc5ccccc45)c(Cl)cc23)CC1.COc1cc(-c2nc3nsc(N4CCCCC4)c3cc2Cl)c2ccccc2c1.COc1cc(-c2nc3nsc(N4CCN(C(=O)OC(C)(C)C)CC4)c3cc2Cl)c2ccccc2c1. The number of carbonyl (C=O) groups is 4. The number of phenolic OH excluding ortho intramolecular Hbond substituents is 1. The van der Waals surface area contributed by atoms with Gasteiger partial charge in [-0.1, -0.05) is 163 Å². The van der Waals surface area contributed by atoms with Crippen molar-refractivity contribution >= 4 is 285 Å². The lowest BCUT2D eigenvalue weighted by molar-refractivity contribution is -0.127. The van der Waals surface area contributed by atoms with Gasteiger partial charge in [-0.25, -0.2) is 24.7 Å². The average molecular weight is 2180 g/mol. The number of hydrogen-bond donors (Lipinski definition) is 1. The maximum Gasteiger partial charge on any atom is 0.410 e. The third-order valence-corrected chi connectivity index (χ3v) is 27.8. The molecule has 4 fully saturated rings. The Morgan fingerprint density at radius 1 is 0.385 bits per heavy atom. The molecule has 0 saturated carbocycles. The molecule has 0 aliphatic carbocycles. The van der Waals surface area contributed by atoms with E-state index in [1.54, 1.807) is 43.3 Å². The molecule has 20 rings (SSSR count). The number of aromatic hydroxyl groups is 1. The van der Waals surface area contributed by atoms with Gasteiger partial charge in [-0.05, 0) is 232 Å². The zero-order valence-electron chi connectivity index (χ0n) is 74.2. The summed E-state index contributed by atoms with van der Waals surface area (Å²) in [5, 5.41) is 28.3. The maximum absolute atomic E-state index is 12.4. The van der Waals surface area contributed by atoms with E-state index in [4.69, 9.17) is 96.9 Å². The number of fused-ring (bicyclic) bond motifs is 8. The summed E-state index contributed by atoms with van der Waals surface area (Å²) in [5.41, 5.74) is 8.48. The molecule has 0 atom stereocenters. The van der Waals surface area contributed by atoms with E-state index in [-0.39, 0.29) is 26.8 Å². The van der Waals surface area contributed by atoms with Crippen LogP contribution in [0.3, 0.4) is 0 Å². The molecule has 24 nitrogen and oxygen atoms in total. The summed E-state index contributed by atoms with van der Waals surface area (Å²) in [7, 11) is 4.99. The Bertz CT molecular complexity index is 7140. The molecule has 0 radical (unpaired) electrons. The molecule has 12 heterocycles. The average Bonchev–Trinajstić information content (AvgIpc) is 1.71. The van der Waals surface area contributed by atoms with Gasteiger partial charge in [-0.15, -0.1) is 47.3 Å². The number of piperazine rings is 3. The lowest BCUT2D eigenvalue weighted by Gasteiger charge is -2.36. The Morgan fingerprint density at radius 2 is 0.652 bits per heavy atom. The van der Waals surface area contributed by atoms with Crippen molar-refractivity contribution in [3.8, 4) is 68.0 Å². The Balaban J connectivity index is 0.000000133. The van der Waals surface area contributed by atoms with Crippen LogP contribution >= 0.6 is 151 Å². The van der Waals surface area contributed by atoms with Crippen LogP contribution in [-0.4, -0.2) is 202 Å². The molecular weight excluding hydrogens is 2090 g/mol. The summed E-state index contributed by atoms with van der Waals surface area (Å²) < 4.78 is 40.8. The van der Waals surface area contributed by atoms with E-state index in [9.17, 15) is 24.3 Å². The Hall–Kier alpha value is -10.6. The standard InChI is InChI=1S/C26H27ClN4O3S.C24H21ClN4O2S.C23H19ClN4O2S.C22H20ClN3OS.C3H3ClO.BBr3/c1-26(2,3)34-25(32)31-11-9-30(10-12-31)24-20-15-21(27)22(28-23(20)29-35-24)19-14-17(33-4)13-16-7-5-6-8-18(16)19;1-3-21(30)28-8-10-29(11-9-28)24-19-14-20(25)22(26-23(19)27-32-24)18-13-16(31-2)12-15-6-4-5-7-17(15)18;1-2-20(30)27-7-9-28(10-8-27)23-18-13-19(24)21(25-22(18)26-31-23)17-12-15(29)11-14-5-3-4-6-16(14)17;1-27-15-11-14-7-3-4-8-16(14)17(12-15)20-19(23)13-18-21(24-20)25-28-22(18)26-9-5-2-6-10-26;1-2-3(4)5;2-1(3)4/h5-8,13-15H,9-12H2,1-4H3;3-7,12-14H,1,8-11H2,2H3;2-6,11-13,29H,1,7-10H2;3-4,7-8,11-13H,2,5-6,9-10H2,1H3;2H,1H2;. The van der Waals surface area contributed by atoms with Gasteiger partial charge in [0, 0.05) is 114 Å². The fraction of sp³-hybridized carbons (Fsp3) is 0.245. The number of piperidine rings is 1. The lowest BCUT2D eigenvalue weighted by atomic mass is 10.0. The summed E-state index contributed by atoms with van der Waals surface area (Å²) in [5.74, 6) is 2.39. The van der Waals surface area contributed by atoms with Crippen LogP contribution < -0.4 is 33.8 Å². The van der Waals surface area contributed by atoms with Crippen molar-refractivity contribution in [2.24, 2.45) is 0 Å². The van der Waals surface area contributed by atoms with Crippen molar-refractivity contribution in [2.75, 3.05) is 133 Å². The van der Waals surface area contributed by atoms with Crippen molar-refractivity contribution in [1.29, 1.82) is 0 Å². The first-order valence-corrected chi connectivity index (χ1v) is 50.7. The highest BCUT2D eigenvalue weighted by molar-refractivity contribution is 9.69. The van der Waals surface area contributed by atoms with E-state index in [1.165, 1.54) is 82.5 Å². The highest BCUT2D eigenvalue weighted by Crippen LogP contribution is 2.47. The molecule has 8 aromatic heterocycles. The van der Waals surface area contributed by atoms with Gasteiger partial charge in [-0.2, -0.15) is 17.5 Å². The maximum atomic E-state index is 12.4. The summed E-state index contributed by atoms with van der Waals surface area (Å²) in [6.45, 7) is 26.0. The minimum Gasteiger partial charge on any atom is -0.508 e. The second-order valence-corrected chi connectivity index (χ2v) is 43.8. The molecule has 8 aromatic carbocycles. The number of anilines is 4. The van der Waals surface area contributed by atoms with E-state index >= 15 is 0 Å². The zero-order valence-corrected chi connectivity index (χ0v) is 86.0. The first-order valence-electron chi connectivity index (χ1n) is 42.9.